The van der Waals surface area contributed by atoms with Gasteiger partial charge in [0, 0.05) is 0 Å². The number of para-hydroxylation sites is 1. The van der Waals surface area contributed by atoms with Crippen molar-refractivity contribution in [1.29, 1.82) is 0 Å². The van der Waals surface area contributed by atoms with Gasteiger partial charge in [-0.3, -0.25) is 0 Å². The number of rotatable bonds is 10. The molecular weight excluding hydrogens is 306 g/mol. The predicted molar refractivity (Wildman–Crippen MR) is 93.3 cm³/mol. The van der Waals surface area contributed by atoms with Crippen molar-refractivity contribution in [2.75, 3.05) is 26.4 Å². The molecule has 24 heavy (non-hydrogen) atoms. The average Bonchev–Trinajstić information content (AvgIpc) is 2.65. The van der Waals surface area contributed by atoms with E-state index < -0.39 is 5.54 Å². The van der Waals surface area contributed by atoms with Crippen molar-refractivity contribution in [3.05, 3.63) is 60.2 Å². The molecule has 0 spiro atoms. The van der Waals surface area contributed by atoms with E-state index in [1.807, 2.05) is 54.6 Å². The summed E-state index contributed by atoms with van der Waals surface area (Å²) in [5.41, 5.74) is 6.02. The van der Waals surface area contributed by atoms with Crippen molar-refractivity contribution in [2.45, 2.75) is 18.4 Å². The maximum absolute atomic E-state index is 9.19. The van der Waals surface area contributed by atoms with Crippen LogP contribution in [0.25, 0.3) is 0 Å². The van der Waals surface area contributed by atoms with Crippen molar-refractivity contribution in [1.82, 2.24) is 0 Å². The van der Waals surface area contributed by atoms with Gasteiger partial charge in [-0.25, -0.2) is 0 Å². The van der Waals surface area contributed by atoms with Gasteiger partial charge in [-0.15, -0.1) is 0 Å². The minimum atomic E-state index is -0.927. The topological polar surface area (TPSA) is 84.9 Å². The van der Waals surface area contributed by atoms with Gasteiger partial charge in [0.2, 0.25) is 0 Å². The standard InChI is InChI=1S/C19H25NO4/c20-19(14-21,15-22)11-10-16-6-8-18(9-7-16)24-13-12-23-17-4-2-1-3-5-17/h1-9,21-22H,10-15,20H2. The van der Waals surface area contributed by atoms with Crippen LogP contribution in [0.3, 0.4) is 0 Å². The van der Waals surface area contributed by atoms with E-state index in [1.54, 1.807) is 0 Å². The number of aliphatic hydroxyl groups excluding tert-OH is 2. The van der Waals surface area contributed by atoms with Gasteiger partial charge in [-0.2, -0.15) is 0 Å². The molecule has 0 heterocycles. The fraction of sp³-hybridized carbons (Fsp3) is 0.368. The van der Waals surface area contributed by atoms with E-state index in [4.69, 9.17) is 15.2 Å². The molecule has 0 aliphatic heterocycles. The number of ether oxygens (including phenoxy) is 2. The summed E-state index contributed by atoms with van der Waals surface area (Å²) in [6.45, 7) is 0.488. The third-order valence-electron chi connectivity index (χ3n) is 3.83. The molecule has 130 valence electrons. The van der Waals surface area contributed by atoms with Crippen LogP contribution in [0.1, 0.15) is 12.0 Å². The van der Waals surface area contributed by atoms with Gasteiger partial charge in [-0.05, 0) is 42.7 Å². The van der Waals surface area contributed by atoms with Crippen LogP contribution in [0, 0.1) is 0 Å². The van der Waals surface area contributed by atoms with Crippen LogP contribution in [0.5, 0.6) is 11.5 Å². The van der Waals surface area contributed by atoms with E-state index in [1.165, 1.54) is 0 Å². The van der Waals surface area contributed by atoms with Crippen molar-refractivity contribution in [2.24, 2.45) is 5.73 Å². The molecule has 0 aromatic heterocycles. The Balaban J connectivity index is 1.72. The van der Waals surface area contributed by atoms with Gasteiger partial charge >= 0.3 is 0 Å². The molecule has 0 aliphatic carbocycles. The summed E-state index contributed by atoms with van der Waals surface area (Å²) in [7, 11) is 0. The van der Waals surface area contributed by atoms with E-state index in [0.717, 1.165) is 17.1 Å². The Labute approximate surface area is 142 Å². The molecule has 4 N–H and O–H groups in total. The highest BCUT2D eigenvalue weighted by Crippen LogP contribution is 2.16. The Morgan fingerprint density at radius 2 is 1.33 bits per heavy atom. The number of nitrogens with two attached hydrogens (primary N) is 1. The summed E-state index contributed by atoms with van der Waals surface area (Å²) in [5, 5.41) is 18.4. The zero-order valence-electron chi connectivity index (χ0n) is 13.7. The van der Waals surface area contributed by atoms with Crippen molar-refractivity contribution in [3.63, 3.8) is 0 Å². The number of hydrogen-bond acceptors (Lipinski definition) is 5. The van der Waals surface area contributed by atoms with Crippen molar-refractivity contribution in [3.8, 4) is 11.5 Å². The summed E-state index contributed by atoms with van der Waals surface area (Å²) in [6, 6.07) is 17.3. The molecule has 0 amide bonds. The highest BCUT2D eigenvalue weighted by Gasteiger charge is 2.22. The molecule has 0 aliphatic rings. The molecule has 0 saturated carbocycles. The smallest absolute Gasteiger partial charge is 0.122 e. The molecule has 0 saturated heterocycles. The lowest BCUT2D eigenvalue weighted by atomic mass is 9.94. The van der Waals surface area contributed by atoms with Crippen LogP contribution < -0.4 is 15.2 Å². The number of hydrogen-bond donors (Lipinski definition) is 3. The first-order valence-electron chi connectivity index (χ1n) is 8.05. The summed E-state index contributed by atoms with van der Waals surface area (Å²) in [5.74, 6) is 1.60. The Kier molecular flexibility index (Phi) is 7.06. The Morgan fingerprint density at radius 1 is 0.792 bits per heavy atom. The Bertz CT molecular complexity index is 582. The largest absolute Gasteiger partial charge is 0.490 e. The normalized spacial score (nSPS) is 11.3. The van der Waals surface area contributed by atoms with E-state index in [0.29, 0.717) is 26.1 Å². The van der Waals surface area contributed by atoms with E-state index in [-0.39, 0.29) is 13.2 Å². The number of benzene rings is 2. The third kappa shape index (κ3) is 5.85. The van der Waals surface area contributed by atoms with Gasteiger partial charge < -0.3 is 25.4 Å². The minimum absolute atomic E-state index is 0.230. The molecule has 0 radical (unpaired) electrons. The second-order valence-electron chi connectivity index (χ2n) is 5.83. The summed E-state index contributed by atoms with van der Waals surface area (Å²) in [4.78, 5) is 0. The zero-order chi connectivity index (χ0) is 17.3. The number of aliphatic hydroxyl groups is 2. The first kappa shape index (κ1) is 18.3. The monoisotopic (exact) mass is 331 g/mol. The lowest BCUT2D eigenvalue weighted by Gasteiger charge is -2.24. The lowest BCUT2D eigenvalue weighted by molar-refractivity contribution is 0.115. The predicted octanol–water partition coefficient (Wildman–Crippen LogP) is 1.76. The van der Waals surface area contributed by atoms with Crippen LogP contribution in [0.15, 0.2) is 54.6 Å². The van der Waals surface area contributed by atoms with Crippen LogP contribution in [0.4, 0.5) is 0 Å². The van der Waals surface area contributed by atoms with Gasteiger partial charge in [-0.1, -0.05) is 30.3 Å². The molecule has 0 fully saturated rings. The zero-order valence-corrected chi connectivity index (χ0v) is 13.7. The first-order valence-corrected chi connectivity index (χ1v) is 8.05. The summed E-state index contributed by atoms with van der Waals surface area (Å²) < 4.78 is 11.2. The molecule has 5 heteroatoms. The highest BCUT2D eigenvalue weighted by atomic mass is 16.5. The van der Waals surface area contributed by atoms with Gasteiger partial charge in [0.1, 0.15) is 24.7 Å². The second kappa shape index (κ2) is 9.27. The molecule has 2 aromatic rings. The highest BCUT2D eigenvalue weighted by molar-refractivity contribution is 5.27. The van der Waals surface area contributed by atoms with Crippen molar-refractivity contribution < 1.29 is 19.7 Å². The fourth-order valence-corrected chi connectivity index (χ4v) is 2.19. The van der Waals surface area contributed by atoms with Crippen LogP contribution >= 0.6 is 0 Å². The first-order chi connectivity index (χ1) is 11.6. The maximum atomic E-state index is 9.19. The maximum Gasteiger partial charge on any atom is 0.122 e. The average molecular weight is 331 g/mol. The number of aryl methyl sites for hydroxylation is 1. The van der Waals surface area contributed by atoms with Crippen molar-refractivity contribution >= 4 is 0 Å². The molecule has 0 unspecified atom stereocenters. The second-order valence-corrected chi connectivity index (χ2v) is 5.83. The molecule has 5 nitrogen and oxygen atoms in total. The van der Waals surface area contributed by atoms with Crippen LogP contribution in [-0.2, 0) is 6.42 Å². The molecule has 2 rings (SSSR count). The molecule has 0 bridgehead atoms. The minimum Gasteiger partial charge on any atom is -0.490 e. The summed E-state index contributed by atoms with van der Waals surface area (Å²) >= 11 is 0. The van der Waals surface area contributed by atoms with E-state index in [2.05, 4.69) is 0 Å². The van der Waals surface area contributed by atoms with Gasteiger partial charge in [0.05, 0.1) is 18.8 Å². The van der Waals surface area contributed by atoms with Crippen LogP contribution in [-0.4, -0.2) is 42.2 Å². The van der Waals surface area contributed by atoms with E-state index >= 15 is 0 Å². The van der Waals surface area contributed by atoms with E-state index in [9.17, 15) is 10.2 Å². The molecule has 2 aromatic carbocycles. The quantitative estimate of drug-likeness (QED) is 0.578. The molecule has 0 atom stereocenters. The fourth-order valence-electron chi connectivity index (χ4n) is 2.19. The van der Waals surface area contributed by atoms with Crippen LogP contribution in [0.2, 0.25) is 0 Å². The van der Waals surface area contributed by atoms with Gasteiger partial charge in [0.15, 0.2) is 0 Å². The molecular formula is C19H25NO4. The Hall–Kier alpha value is -2.08. The Morgan fingerprint density at radius 3 is 1.88 bits per heavy atom. The third-order valence-corrected chi connectivity index (χ3v) is 3.83. The SMILES string of the molecule is NC(CO)(CO)CCc1ccc(OCCOc2ccccc2)cc1. The van der Waals surface area contributed by atoms with Gasteiger partial charge in [0.25, 0.3) is 0 Å². The summed E-state index contributed by atoms with van der Waals surface area (Å²) in [6.07, 6.45) is 1.21. The lowest BCUT2D eigenvalue weighted by Crippen LogP contribution is -2.47.